The molecule has 6 heteroatoms. The second kappa shape index (κ2) is 5.58. The second-order valence-electron chi connectivity index (χ2n) is 4.76. The van der Waals surface area contributed by atoms with Crippen molar-refractivity contribution in [3.63, 3.8) is 0 Å². The molecule has 0 radical (unpaired) electrons. The van der Waals surface area contributed by atoms with E-state index in [2.05, 4.69) is 10.4 Å². The number of thiophene rings is 1. The van der Waals surface area contributed by atoms with Gasteiger partial charge in [0.2, 0.25) is 0 Å². The molecule has 20 heavy (non-hydrogen) atoms. The maximum absolute atomic E-state index is 11.9. The summed E-state index contributed by atoms with van der Waals surface area (Å²) in [5.74, 6) is -0.103. The number of nitrogens with zero attached hydrogens (tertiary/aromatic N) is 2. The maximum atomic E-state index is 11.9. The van der Waals surface area contributed by atoms with Crippen molar-refractivity contribution < 1.29 is 4.79 Å². The van der Waals surface area contributed by atoms with Gasteiger partial charge in [0.1, 0.15) is 0 Å². The van der Waals surface area contributed by atoms with Gasteiger partial charge in [0.05, 0.1) is 17.1 Å². The van der Waals surface area contributed by atoms with E-state index in [0.29, 0.717) is 18.0 Å². The lowest BCUT2D eigenvalue weighted by Crippen LogP contribution is -2.32. The largest absolute Gasteiger partial charge is 0.349 e. The second-order valence-corrected chi connectivity index (χ2v) is 5.71. The van der Waals surface area contributed by atoms with E-state index in [1.165, 1.54) is 16.0 Å². The number of aryl methyl sites for hydroxylation is 2. The van der Waals surface area contributed by atoms with E-state index >= 15 is 0 Å². The average Bonchev–Trinajstić information content (AvgIpc) is 3.08. The van der Waals surface area contributed by atoms with Crippen LogP contribution in [-0.4, -0.2) is 22.2 Å². The van der Waals surface area contributed by atoms with Crippen molar-refractivity contribution in [2.75, 3.05) is 6.54 Å². The zero-order chi connectivity index (χ0) is 13.9. The van der Waals surface area contributed by atoms with Crippen LogP contribution in [0, 0.1) is 0 Å². The average molecular weight is 289 g/mol. The van der Waals surface area contributed by atoms with Gasteiger partial charge in [-0.3, -0.25) is 9.59 Å². The molecule has 0 atom stereocenters. The molecule has 5 nitrogen and oxygen atoms in total. The molecule has 0 fully saturated rings. The first-order chi connectivity index (χ1) is 9.74. The molecule has 0 aromatic carbocycles. The van der Waals surface area contributed by atoms with Crippen LogP contribution in [0.3, 0.4) is 0 Å². The van der Waals surface area contributed by atoms with Crippen LogP contribution in [-0.2, 0) is 19.4 Å². The number of hydrogen-bond acceptors (Lipinski definition) is 4. The zero-order valence-corrected chi connectivity index (χ0v) is 11.8. The van der Waals surface area contributed by atoms with Crippen molar-refractivity contribution in [2.24, 2.45) is 0 Å². The molecule has 2 aromatic rings. The molecule has 0 bridgehead atoms. The molecule has 0 spiro atoms. The summed E-state index contributed by atoms with van der Waals surface area (Å²) in [6.07, 6.45) is 2.96. The highest BCUT2D eigenvalue weighted by Gasteiger charge is 2.14. The number of carbonyl (C=O) groups is 1. The molecule has 0 unspecified atom stereocenters. The quantitative estimate of drug-likeness (QED) is 0.920. The lowest BCUT2D eigenvalue weighted by atomic mass is 10.2. The summed E-state index contributed by atoms with van der Waals surface area (Å²) in [6, 6.07) is 5.29. The van der Waals surface area contributed by atoms with Crippen molar-refractivity contribution in [2.45, 2.75) is 25.8 Å². The molecular weight excluding hydrogens is 274 g/mol. The lowest BCUT2D eigenvalue weighted by molar-refractivity contribution is 0.0956. The van der Waals surface area contributed by atoms with Crippen LogP contribution in [0.1, 0.15) is 27.3 Å². The van der Waals surface area contributed by atoms with Gasteiger partial charge in [0, 0.05) is 12.6 Å². The van der Waals surface area contributed by atoms with E-state index in [9.17, 15) is 9.59 Å². The Kier molecular flexibility index (Phi) is 3.64. The van der Waals surface area contributed by atoms with E-state index in [1.54, 1.807) is 12.1 Å². The van der Waals surface area contributed by atoms with Crippen molar-refractivity contribution in [1.29, 1.82) is 0 Å². The number of fused-ring (bicyclic) bond motifs is 1. The molecule has 1 aliphatic rings. The van der Waals surface area contributed by atoms with Crippen LogP contribution in [0.25, 0.3) is 0 Å². The summed E-state index contributed by atoms with van der Waals surface area (Å²) in [5.41, 5.74) is 2.01. The fourth-order valence-electron chi connectivity index (χ4n) is 2.37. The summed E-state index contributed by atoms with van der Waals surface area (Å²) in [6.45, 7) is 0.811. The standard InChI is InChI=1S/C14H15N3O2S/c18-13-9-10-3-1-4-11(10)16-17(13)7-6-15-14(19)12-5-2-8-20-12/h2,5,8-9H,1,3-4,6-7H2,(H,15,19). The van der Waals surface area contributed by atoms with Crippen molar-refractivity contribution in [3.05, 3.63) is 50.1 Å². The summed E-state index contributed by atoms with van der Waals surface area (Å²) in [4.78, 5) is 24.3. The Hall–Kier alpha value is -1.95. The van der Waals surface area contributed by atoms with Crippen LogP contribution in [0.4, 0.5) is 0 Å². The smallest absolute Gasteiger partial charge is 0.267 e. The van der Waals surface area contributed by atoms with Gasteiger partial charge in [-0.15, -0.1) is 11.3 Å². The topological polar surface area (TPSA) is 64.0 Å². The molecule has 1 N–H and O–H groups in total. The minimum Gasteiger partial charge on any atom is -0.349 e. The van der Waals surface area contributed by atoms with Gasteiger partial charge in [0.25, 0.3) is 11.5 Å². The lowest BCUT2D eigenvalue weighted by Gasteiger charge is -2.07. The maximum Gasteiger partial charge on any atom is 0.267 e. The summed E-state index contributed by atoms with van der Waals surface area (Å²) in [7, 11) is 0. The SMILES string of the molecule is O=C(NCCn1nc2c(cc1=O)CCC2)c1cccs1. The van der Waals surface area contributed by atoms with Crippen LogP contribution in [0.2, 0.25) is 0 Å². The third-order valence-corrected chi connectivity index (χ3v) is 4.25. The predicted molar refractivity (Wildman–Crippen MR) is 77.2 cm³/mol. The van der Waals surface area contributed by atoms with Crippen molar-refractivity contribution >= 4 is 17.2 Å². The van der Waals surface area contributed by atoms with E-state index in [4.69, 9.17) is 0 Å². The number of carbonyl (C=O) groups excluding carboxylic acids is 1. The minimum absolute atomic E-state index is 0.0870. The Labute approximate surface area is 120 Å². The Morgan fingerprint density at radius 2 is 2.35 bits per heavy atom. The van der Waals surface area contributed by atoms with Gasteiger partial charge in [-0.2, -0.15) is 5.10 Å². The monoisotopic (exact) mass is 289 g/mol. The highest BCUT2D eigenvalue weighted by Crippen LogP contribution is 2.16. The Morgan fingerprint density at radius 3 is 3.15 bits per heavy atom. The third kappa shape index (κ3) is 2.65. The summed E-state index contributed by atoms with van der Waals surface area (Å²) >= 11 is 1.40. The van der Waals surface area contributed by atoms with Gasteiger partial charge >= 0.3 is 0 Å². The first kappa shape index (κ1) is 13.1. The normalized spacial score (nSPS) is 13.2. The molecule has 0 saturated heterocycles. The zero-order valence-electron chi connectivity index (χ0n) is 11.0. The predicted octanol–water partition coefficient (Wildman–Crippen LogP) is 1.22. The fourth-order valence-corrected chi connectivity index (χ4v) is 3.01. The van der Waals surface area contributed by atoms with Gasteiger partial charge in [-0.1, -0.05) is 6.07 Å². The molecule has 0 saturated carbocycles. The Bertz CT molecular complexity index is 676. The van der Waals surface area contributed by atoms with E-state index in [1.807, 2.05) is 11.4 Å². The Balaban J connectivity index is 1.62. The van der Waals surface area contributed by atoms with Crippen molar-refractivity contribution in [1.82, 2.24) is 15.1 Å². The van der Waals surface area contributed by atoms with Crippen LogP contribution in [0.5, 0.6) is 0 Å². The molecule has 1 aliphatic carbocycles. The fraction of sp³-hybridized carbons (Fsp3) is 0.357. The number of hydrogen-bond donors (Lipinski definition) is 1. The highest BCUT2D eigenvalue weighted by molar-refractivity contribution is 7.12. The van der Waals surface area contributed by atoms with E-state index in [0.717, 1.165) is 30.5 Å². The van der Waals surface area contributed by atoms with Gasteiger partial charge < -0.3 is 5.32 Å². The number of nitrogens with one attached hydrogen (secondary N) is 1. The summed E-state index contributed by atoms with van der Waals surface area (Å²) in [5, 5.41) is 9.03. The molecule has 104 valence electrons. The van der Waals surface area contributed by atoms with Gasteiger partial charge in [-0.05, 0) is 36.3 Å². The summed E-state index contributed by atoms with van der Waals surface area (Å²) < 4.78 is 1.44. The van der Waals surface area contributed by atoms with Gasteiger partial charge in [-0.25, -0.2) is 4.68 Å². The van der Waals surface area contributed by atoms with Gasteiger partial charge in [0.15, 0.2) is 0 Å². The van der Waals surface area contributed by atoms with E-state index in [-0.39, 0.29) is 11.5 Å². The van der Waals surface area contributed by atoms with Crippen molar-refractivity contribution in [3.8, 4) is 0 Å². The number of amides is 1. The van der Waals surface area contributed by atoms with E-state index < -0.39 is 0 Å². The van der Waals surface area contributed by atoms with Crippen LogP contribution in [0.15, 0.2) is 28.4 Å². The number of rotatable bonds is 4. The first-order valence-corrected chi connectivity index (χ1v) is 7.53. The minimum atomic E-state index is -0.103. The molecule has 0 aliphatic heterocycles. The molecule has 2 aromatic heterocycles. The Morgan fingerprint density at radius 1 is 1.45 bits per heavy atom. The third-order valence-electron chi connectivity index (χ3n) is 3.38. The molecule has 3 rings (SSSR count). The first-order valence-electron chi connectivity index (χ1n) is 6.65. The number of aromatic nitrogens is 2. The molecule has 2 heterocycles. The molecule has 1 amide bonds. The van der Waals surface area contributed by atoms with Crippen LogP contribution >= 0.6 is 11.3 Å². The molecular formula is C14H15N3O2S. The highest BCUT2D eigenvalue weighted by atomic mass is 32.1. The van der Waals surface area contributed by atoms with Crippen LogP contribution < -0.4 is 10.9 Å².